The van der Waals surface area contributed by atoms with Crippen LogP contribution in [0.2, 0.25) is 0 Å². The molecule has 0 amide bonds. The van der Waals surface area contributed by atoms with Gasteiger partial charge in [0.05, 0.1) is 12.2 Å². The third-order valence-corrected chi connectivity index (χ3v) is 5.38. The maximum Gasteiger partial charge on any atom is 0.318 e. The van der Waals surface area contributed by atoms with Crippen LogP contribution in [0.3, 0.4) is 0 Å². The Kier molecular flexibility index (Phi) is 5.16. The van der Waals surface area contributed by atoms with Crippen molar-refractivity contribution in [3.05, 3.63) is 34.4 Å². The van der Waals surface area contributed by atoms with Crippen molar-refractivity contribution in [2.45, 2.75) is 52.2 Å². The van der Waals surface area contributed by atoms with Gasteiger partial charge in [-0.25, -0.2) is 0 Å². The number of rotatable bonds is 5. The minimum Gasteiger partial charge on any atom is -0.480 e. The number of carboxylic acids is 1. The number of hydrogen-bond donors (Lipinski definition) is 1. The SMILES string of the molecule is COC1CC(C(C)=O)(C(=O)O)C(c2c(C)cc(C)cc2C)C1OC. The topological polar surface area (TPSA) is 72.8 Å². The largest absolute Gasteiger partial charge is 0.480 e. The maximum absolute atomic E-state index is 12.5. The molecule has 1 N–H and O–H groups in total. The summed E-state index contributed by atoms with van der Waals surface area (Å²) in [4.78, 5) is 24.7. The van der Waals surface area contributed by atoms with Crippen LogP contribution >= 0.6 is 0 Å². The van der Waals surface area contributed by atoms with E-state index in [-0.39, 0.29) is 12.2 Å². The summed E-state index contributed by atoms with van der Waals surface area (Å²) in [6.45, 7) is 7.26. The number of methoxy groups -OCH3 is 2. The van der Waals surface area contributed by atoms with E-state index < -0.39 is 29.5 Å². The Labute approximate surface area is 143 Å². The number of benzene rings is 1. The minimum atomic E-state index is -1.54. The van der Waals surface area contributed by atoms with Crippen molar-refractivity contribution in [3.63, 3.8) is 0 Å². The van der Waals surface area contributed by atoms with Crippen LogP contribution < -0.4 is 0 Å². The first-order chi connectivity index (χ1) is 11.2. The lowest BCUT2D eigenvalue weighted by Gasteiger charge is -2.33. The molecule has 5 heteroatoms. The molecule has 1 aromatic rings. The molecule has 0 saturated heterocycles. The van der Waals surface area contributed by atoms with Gasteiger partial charge < -0.3 is 14.6 Å². The summed E-state index contributed by atoms with van der Waals surface area (Å²) in [6.07, 6.45) is -0.820. The second-order valence-corrected chi connectivity index (χ2v) is 6.80. The lowest BCUT2D eigenvalue weighted by molar-refractivity contribution is -0.156. The van der Waals surface area contributed by atoms with E-state index in [9.17, 15) is 14.7 Å². The standard InChI is InChI=1S/C19H26O5/c1-10-7-11(2)15(12(3)8-10)16-17(24-6)14(23-5)9-19(16,13(4)20)18(21)22/h7-8,14,16-17H,9H2,1-6H3,(H,21,22). The number of ether oxygens (including phenoxy) is 2. The number of aryl methyl sites for hydroxylation is 3. The second-order valence-electron chi connectivity index (χ2n) is 6.80. The van der Waals surface area contributed by atoms with Crippen LogP contribution in [0.5, 0.6) is 0 Å². The lowest BCUT2D eigenvalue weighted by atomic mass is 9.69. The third-order valence-electron chi connectivity index (χ3n) is 5.38. The van der Waals surface area contributed by atoms with E-state index >= 15 is 0 Å². The van der Waals surface area contributed by atoms with Gasteiger partial charge in [0, 0.05) is 20.1 Å². The fourth-order valence-electron chi connectivity index (χ4n) is 4.39. The van der Waals surface area contributed by atoms with Crippen molar-refractivity contribution in [1.29, 1.82) is 0 Å². The molecular formula is C19H26O5. The fraction of sp³-hybridized carbons (Fsp3) is 0.579. The van der Waals surface area contributed by atoms with Gasteiger partial charge in [0.15, 0.2) is 0 Å². The highest BCUT2D eigenvalue weighted by Crippen LogP contribution is 2.53. The molecule has 0 radical (unpaired) electrons. The average Bonchev–Trinajstić information content (AvgIpc) is 2.81. The molecule has 2 rings (SSSR count). The van der Waals surface area contributed by atoms with E-state index in [1.165, 1.54) is 14.0 Å². The first kappa shape index (κ1) is 18.6. The number of carboxylic acid groups (broad SMARTS) is 1. The van der Waals surface area contributed by atoms with Gasteiger partial charge in [-0.1, -0.05) is 17.7 Å². The monoisotopic (exact) mass is 334 g/mol. The summed E-state index contributed by atoms with van der Waals surface area (Å²) in [6, 6.07) is 4.03. The Hall–Kier alpha value is -1.72. The molecule has 0 bridgehead atoms. The summed E-state index contributed by atoms with van der Waals surface area (Å²) >= 11 is 0. The number of Topliss-reactive ketones (excluding diaryl/α,β-unsaturated/α-hetero) is 1. The van der Waals surface area contributed by atoms with Gasteiger partial charge in [0.25, 0.3) is 0 Å². The van der Waals surface area contributed by atoms with Crippen LogP contribution in [0.25, 0.3) is 0 Å². The van der Waals surface area contributed by atoms with Gasteiger partial charge in [-0.15, -0.1) is 0 Å². The van der Waals surface area contributed by atoms with E-state index in [1.807, 2.05) is 32.9 Å². The van der Waals surface area contributed by atoms with Crippen LogP contribution in [0.15, 0.2) is 12.1 Å². The molecule has 1 aliphatic rings. The Morgan fingerprint density at radius 3 is 2.04 bits per heavy atom. The Morgan fingerprint density at radius 2 is 1.67 bits per heavy atom. The second kappa shape index (κ2) is 6.65. The summed E-state index contributed by atoms with van der Waals surface area (Å²) in [7, 11) is 3.07. The zero-order valence-corrected chi connectivity index (χ0v) is 15.2. The van der Waals surface area contributed by atoms with Gasteiger partial charge in [-0.3, -0.25) is 9.59 Å². The Balaban J connectivity index is 2.78. The number of ketones is 1. The molecule has 0 heterocycles. The van der Waals surface area contributed by atoms with Crippen molar-refractivity contribution in [1.82, 2.24) is 0 Å². The average molecular weight is 334 g/mol. The van der Waals surface area contributed by atoms with Crippen molar-refractivity contribution in [3.8, 4) is 0 Å². The van der Waals surface area contributed by atoms with E-state index in [0.29, 0.717) is 0 Å². The minimum absolute atomic E-state index is 0.115. The summed E-state index contributed by atoms with van der Waals surface area (Å²) < 4.78 is 11.1. The van der Waals surface area contributed by atoms with Gasteiger partial charge in [-0.05, 0) is 50.8 Å². The molecule has 1 saturated carbocycles. The van der Waals surface area contributed by atoms with Crippen LogP contribution in [0.1, 0.15) is 41.5 Å². The maximum atomic E-state index is 12.5. The van der Waals surface area contributed by atoms with E-state index in [1.54, 1.807) is 7.11 Å². The summed E-state index contributed by atoms with van der Waals surface area (Å²) in [5, 5.41) is 10.00. The zero-order valence-electron chi connectivity index (χ0n) is 15.2. The fourth-order valence-corrected chi connectivity index (χ4v) is 4.39. The van der Waals surface area contributed by atoms with Crippen LogP contribution in [0, 0.1) is 26.2 Å². The molecule has 1 aliphatic carbocycles. The molecule has 4 unspecified atom stereocenters. The molecule has 0 spiro atoms. The van der Waals surface area contributed by atoms with Crippen LogP contribution in [-0.2, 0) is 19.1 Å². The molecule has 0 aromatic heterocycles. The zero-order chi connectivity index (χ0) is 18.2. The van der Waals surface area contributed by atoms with Crippen molar-refractivity contribution in [2.24, 2.45) is 5.41 Å². The third kappa shape index (κ3) is 2.66. The summed E-state index contributed by atoms with van der Waals surface area (Å²) in [5.74, 6) is -2.05. The van der Waals surface area contributed by atoms with E-state index in [2.05, 4.69) is 0 Å². The van der Waals surface area contributed by atoms with Crippen LogP contribution in [-0.4, -0.2) is 43.3 Å². The highest BCUT2D eigenvalue weighted by atomic mass is 16.5. The molecule has 1 fully saturated rings. The van der Waals surface area contributed by atoms with Crippen molar-refractivity contribution < 1.29 is 24.2 Å². The Bertz CT molecular complexity index is 627. The van der Waals surface area contributed by atoms with Gasteiger partial charge >= 0.3 is 5.97 Å². The van der Waals surface area contributed by atoms with Crippen LogP contribution in [0.4, 0.5) is 0 Å². The lowest BCUT2D eigenvalue weighted by Crippen LogP contribution is -2.43. The van der Waals surface area contributed by atoms with Crippen molar-refractivity contribution >= 4 is 11.8 Å². The first-order valence-electron chi connectivity index (χ1n) is 8.08. The normalized spacial score (nSPS) is 29.7. The Morgan fingerprint density at radius 1 is 1.12 bits per heavy atom. The number of aliphatic carboxylic acids is 1. The number of carbonyl (C=O) groups is 2. The molecular weight excluding hydrogens is 308 g/mol. The molecule has 0 aliphatic heterocycles. The highest BCUT2D eigenvalue weighted by molar-refractivity contribution is 6.04. The van der Waals surface area contributed by atoms with Gasteiger partial charge in [0.1, 0.15) is 11.2 Å². The predicted octanol–water partition coefficient (Wildman–Crippen LogP) is 2.79. The molecule has 132 valence electrons. The summed E-state index contributed by atoms with van der Waals surface area (Å²) in [5.41, 5.74) is 2.40. The van der Waals surface area contributed by atoms with E-state index in [0.717, 1.165) is 22.3 Å². The highest BCUT2D eigenvalue weighted by Gasteiger charge is 2.62. The van der Waals surface area contributed by atoms with E-state index in [4.69, 9.17) is 9.47 Å². The molecule has 5 nitrogen and oxygen atoms in total. The predicted molar refractivity (Wildman–Crippen MR) is 90.4 cm³/mol. The first-order valence-corrected chi connectivity index (χ1v) is 8.08. The quantitative estimate of drug-likeness (QED) is 0.838. The number of carbonyl (C=O) groups excluding carboxylic acids is 1. The van der Waals surface area contributed by atoms with Crippen molar-refractivity contribution in [2.75, 3.05) is 14.2 Å². The molecule has 4 atom stereocenters. The van der Waals surface area contributed by atoms with Gasteiger partial charge in [0.2, 0.25) is 0 Å². The van der Waals surface area contributed by atoms with Gasteiger partial charge in [-0.2, -0.15) is 0 Å². The molecule has 1 aromatic carbocycles. The number of hydrogen-bond acceptors (Lipinski definition) is 4. The smallest absolute Gasteiger partial charge is 0.318 e. The molecule has 24 heavy (non-hydrogen) atoms.